The van der Waals surface area contributed by atoms with Crippen molar-refractivity contribution >= 4 is 23.4 Å². The van der Waals surface area contributed by atoms with Crippen LogP contribution in [0.15, 0.2) is 0 Å². The fourth-order valence-corrected chi connectivity index (χ4v) is 3.77. The van der Waals surface area contributed by atoms with E-state index in [2.05, 4.69) is 27.5 Å². The highest BCUT2D eigenvalue weighted by Gasteiger charge is 2.28. The number of nitrogens with zero attached hydrogens (tertiary/aromatic N) is 2. The van der Waals surface area contributed by atoms with Crippen LogP contribution in [0.4, 0.5) is 11.6 Å². The van der Waals surface area contributed by atoms with Crippen molar-refractivity contribution < 1.29 is 0 Å². The number of nitrogens with one attached hydrogen (secondary N) is 2. The van der Waals surface area contributed by atoms with E-state index < -0.39 is 0 Å². The van der Waals surface area contributed by atoms with Crippen molar-refractivity contribution in [3.05, 3.63) is 11.4 Å². The fraction of sp³-hybridized carbons (Fsp3) is 0.714. The Morgan fingerprint density at radius 3 is 2.50 bits per heavy atom. The number of nitrogens with two attached hydrogens (primary N) is 1. The molecule has 0 amide bonds. The standard InChI is InChI=1S/C14H23N5S/c1-9-12(16-8-10-4-6-20-7-5-10)17-14(11-2-3-11)18-13(9)19-15/h10-11H,2-8,15H2,1H3,(H2,16,17,18,19). The molecular formula is C14H23N5S. The first-order chi connectivity index (χ1) is 9.78. The van der Waals surface area contributed by atoms with Gasteiger partial charge in [-0.2, -0.15) is 11.8 Å². The lowest BCUT2D eigenvalue weighted by Gasteiger charge is -2.22. The summed E-state index contributed by atoms with van der Waals surface area (Å²) in [5.74, 6) is 12.1. The Hall–Kier alpha value is -1.01. The summed E-state index contributed by atoms with van der Waals surface area (Å²) in [6.07, 6.45) is 5.01. The van der Waals surface area contributed by atoms with Crippen LogP contribution in [0.2, 0.25) is 0 Å². The summed E-state index contributed by atoms with van der Waals surface area (Å²) in [6, 6.07) is 0. The summed E-state index contributed by atoms with van der Waals surface area (Å²) < 4.78 is 0. The molecule has 1 aliphatic carbocycles. The van der Waals surface area contributed by atoms with Gasteiger partial charge in [0, 0.05) is 18.0 Å². The summed E-state index contributed by atoms with van der Waals surface area (Å²) in [6.45, 7) is 3.03. The zero-order chi connectivity index (χ0) is 13.9. The maximum Gasteiger partial charge on any atom is 0.148 e. The first kappa shape index (κ1) is 13.9. The van der Waals surface area contributed by atoms with E-state index in [0.29, 0.717) is 5.92 Å². The number of hydrogen-bond acceptors (Lipinski definition) is 6. The summed E-state index contributed by atoms with van der Waals surface area (Å²) in [5.41, 5.74) is 3.72. The van der Waals surface area contributed by atoms with Crippen LogP contribution in [0.3, 0.4) is 0 Å². The third-order valence-corrected chi connectivity index (χ3v) is 5.19. The van der Waals surface area contributed by atoms with E-state index >= 15 is 0 Å². The molecule has 1 aromatic heterocycles. The van der Waals surface area contributed by atoms with Gasteiger partial charge < -0.3 is 10.7 Å². The minimum absolute atomic E-state index is 0.536. The zero-order valence-electron chi connectivity index (χ0n) is 12.0. The van der Waals surface area contributed by atoms with Gasteiger partial charge in [0.15, 0.2) is 0 Å². The molecule has 20 heavy (non-hydrogen) atoms. The topological polar surface area (TPSA) is 75.9 Å². The fourth-order valence-electron chi connectivity index (χ4n) is 2.56. The van der Waals surface area contributed by atoms with Gasteiger partial charge >= 0.3 is 0 Å². The van der Waals surface area contributed by atoms with Crippen LogP contribution in [-0.4, -0.2) is 28.0 Å². The van der Waals surface area contributed by atoms with E-state index in [4.69, 9.17) is 10.8 Å². The number of anilines is 2. The highest BCUT2D eigenvalue weighted by molar-refractivity contribution is 7.99. The molecule has 1 saturated heterocycles. The Morgan fingerprint density at radius 2 is 1.85 bits per heavy atom. The van der Waals surface area contributed by atoms with Gasteiger partial charge in [-0.3, -0.25) is 0 Å². The van der Waals surface area contributed by atoms with Crippen molar-refractivity contribution in [3.8, 4) is 0 Å². The molecule has 2 aliphatic rings. The summed E-state index contributed by atoms with van der Waals surface area (Å²) in [7, 11) is 0. The van der Waals surface area contributed by atoms with E-state index in [1.54, 1.807) is 0 Å². The molecule has 0 bridgehead atoms. The number of hydrogen-bond donors (Lipinski definition) is 3. The number of rotatable bonds is 5. The first-order valence-corrected chi connectivity index (χ1v) is 8.60. The molecule has 1 saturated carbocycles. The lowest BCUT2D eigenvalue weighted by Crippen LogP contribution is -2.21. The average molecular weight is 293 g/mol. The van der Waals surface area contributed by atoms with Crippen molar-refractivity contribution in [2.45, 2.75) is 38.5 Å². The Labute approximate surface area is 124 Å². The lowest BCUT2D eigenvalue weighted by atomic mass is 10.0. The molecule has 6 heteroatoms. The molecule has 3 rings (SSSR count). The maximum absolute atomic E-state index is 5.58. The molecule has 5 nitrogen and oxygen atoms in total. The van der Waals surface area contributed by atoms with Crippen LogP contribution in [0.5, 0.6) is 0 Å². The Morgan fingerprint density at radius 1 is 1.15 bits per heavy atom. The van der Waals surface area contributed by atoms with Crippen molar-refractivity contribution in [3.63, 3.8) is 0 Å². The quantitative estimate of drug-likeness (QED) is 0.572. The predicted octanol–water partition coefficient (Wildman–Crippen LogP) is 2.50. The van der Waals surface area contributed by atoms with Gasteiger partial charge in [0.1, 0.15) is 17.5 Å². The summed E-state index contributed by atoms with van der Waals surface area (Å²) in [5, 5.41) is 3.52. The monoisotopic (exact) mass is 293 g/mol. The SMILES string of the molecule is Cc1c(NN)nc(C2CC2)nc1NCC1CCSCC1. The zero-order valence-corrected chi connectivity index (χ0v) is 12.8. The highest BCUT2D eigenvalue weighted by Crippen LogP contribution is 2.39. The molecule has 0 radical (unpaired) electrons. The third kappa shape index (κ3) is 3.17. The van der Waals surface area contributed by atoms with Gasteiger partial charge in [0.05, 0.1) is 0 Å². The predicted molar refractivity (Wildman–Crippen MR) is 85.1 cm³/mol. The van der Waals surface area contributed by atoms with Crippen LogP contribution >= 0.6 is 11.8 Å². The van der Waals surface area contributed by atoms with Crippen molar-refractivity contribution in [1.82, 2.24) is 9.97 Å². The minimum Gasteiger partial charge on any atom is -0.369 e. The first-order valence-electron chi connectivity index (χ1n) is 7.44. The second-order valence-electron chi connectivity index (χ2n) is 5.76. The van der Waals surface area contributed by atoms with Crippen LogP contribution < -0.4 is 16.6 Å². The second-order valence-corrected chi connectivity index (χ2v) is 6.98. The second kappa shape index (κ2) is 6.18. The van der Waals surface area contributed by atoms with Gasteiger partial charge in [-0.1, -0.05) is 0 Å². The molecule has 0 aromatic carbocycles. The smallest absolute Gasteiger partial charge is 0.148 e. The Kier molecular flexibility index (Phi) is 4.31. The van der Waals surface area contributed by atoms with Gasteiger partial charge in [0.2, 0.25) is 0 Å². The van der Waals surface area contributed by atoms with Crippen molar-refractivity contribution in [2.24, 2.45) is 11.8 Å². The van der Waals surface area contributed by atoms with Crippen LogP contribution in [-0.2, 0) is 0 Å². The van der Waals surface area contributed by atoms with Crippen LogP contribution in [0.25, 0.3) is 0 Å². The maximum atomic E-state index is 5.58. The van der Waals surface area contributed by atoms with Crippen LogP contribution in [0.1, 0.15) is 43.0 Å². The third-order valence-electron chi connectivity index (χ3n) is 4.14. The molecule has 0 spiro atoms. The van der Waals surface area contributed by atoms with E-state index in [1.165, 1.54) is 37.2 Å². The Balaban J connectivity index is 1.71. The summed E-state index contributed by atoms with van der Waals surface area (Å²) in [4.78, 5) is 9.22. The number of thioether (sulfide) groups is 1. The molecule has 2 heterocycles. The Bertz CT molecular complexity index is 469. The minimum atomic E-state index is 0.536. The van der Waals surface area contributed by atoms with E-state index in [1.807, 2.05) is 6.92 Å². The molecule has 0 unspecified atom stereocenters. The van der Waals surface area contributed by atoms with Gasteiger partial charge in [-0.15, -0.1) is 0 Å². The number of nitrogen functional groups attached to an aromatic ring is 1. The van der Waals surface area contributed by atoms with E-state index in [0.717, 1.165) is 35.5 Å². The van der Waals surface area contributed by atoms with Crippen molar-refractivity contribution in [2.75, 3.05) is 28.8 Å². The van der Waals surface area contributed by atoms with Gasteiger partial charge in [-0.25, -0.2) is 15.8 Å². The molecule has 4 N–H and O–H groups in total. The lowest BCUT2D eigenvalue weighted by molar-refractivity contribution is 0.515. The molecule has 0 atom stereocenters. The molecular weight excluding hydrogens is 270 g/mol. The average Bonchev–Trinajstić information content (AvgIpc) is 3.32. The van der Waals surface area contributed by atoms with E-state index in [-0.39, 0.29) is 0 Å². The normalized spacial score (nSPS) is 19.9. The van der Waals surface area contributed by atoms with Gasteiger partial charge in [0.25, 0.3) is 0 Å². The molecule has 2 fully saturated rings. The van der Waals surface area contributed by atoms with Crippen molar-refractivity contribution in [1.29, 1.82) is 0 Å². The number of hydrazine groups is 1. The van der Waals surface area contributed by atoms with Crippen LogP contribution in [0, 0.1) is 12.8 Å². The molecule has 1 aliphatic heterocycles. The largest absolute Gasteiger partial charge is 0.369 e. The van der Waals surface area contributed by atoms with E-state index in [9.17, 15) is 0 Å². The van der Waals surface area contributed by atoms with Gasteiger partial charge in [-0.05, 0) is 50.0 Å². The highest BCUT2D eigenvalue weighted by atomic mass is 32.2. The molecule has 1 aromatic rings. The molecule has 110 valence electrons. The summed E-state index contributed by atoms with van der Waals surface area (Å²) >= 11 is 2.06. The number of aromatic nitrogens is 2.